The number of anilines is 2. The highest BCUT2D eigenvalue weighted by atomic mass is 16.3. The van der Waals surface area contributed by atoms with Crippen LogP contribution in [-0.2, 0) is 6.61 Å². The van der Waals surface area contributed by atoms with E-state index in [1.165, 1.54) is 0 Å². The molecule has 0 aliphatic heterocycles. The molecule has 0 aliphatic carbocycles. The third kappa shape index (κ3) is 3.03. The summed E-state index contributed by atoms with van der Waals surface area (Å²) < 4.78 is 0. The van der Waals surface area contributed by atoms with Crippen LogP contribution in [-0.4, -0.2) is 16.3 Å². The first-order chi connectivity index (χ1) is 12.8. The maximum absolute atomic E-state index is 9.57. The molecule has 4 aromatic rings. The Bertz CT molecular complexity index is 1060. The van der Waals surface area contributed by atoms with E-state index in [1.54, 1.807) is 6.21 Å². The van der Waals surface area contributed by atoms with Crippen LogP contribution in [0.1, 0.15) is 12.5 Å². The first kappa shape index (κ1) is 16.2. The number of hydrogen-bond donors (Lipinski definition) is 2. The van der Waals surface area contributed by atoms with Gasteiger partial charge in [0, 0.05) is 22.7 Å². The van der Waals surface area contributed by atoms with Crippen LogP contribution in [0.15, 0.2) is 71.7 Å². The molecule has 4 heteroatoms. The lowest BCUT2D eigenvalue weighted by Crippen LogP contribution is -1.96. The molecule has 0 unspecified atom stereocenters. The molecule has 1 aromatic heterocycles. The molecule has 2 N–H and O–H groups in total. The van der Waals surface area contributed by atoms with Gasteiger partial charge in [0.2, 0.25) is 0 Å². The van der Waals surface area contributed by atoms with E-state index >= 15 is 0 Å². The summed E-state index contributed by atoms with van der Waals surface area (Å²) in [4.78, 5) is 9.11. The van der Waals surface area contributed by atoms with Gasteiger partial charge in [0.1, 0.15) is 0 Å². The van der Waals surface area contributed by atoms with Gasteiger partial charge < -0.3 is 10.4 Å². The number of nitrogens with zero attached hydrogens (tertiary/aromatic N) is 2. The van der Waals surface area contributed by atoms with Gasteiger partial charge in [-0.2, -0.15) is 0 Å². The zero-order chi connectivity index (χ0) is 17.9. The van der Waals surface area contributed by atoms with E-state index in [1.807, 2.05) is 61.5 Å². The van der Waals surface area contributed by atoms with Crippen LogP contribution in [0.5, 0.6) is 0 Å². The number of aliphatic imine (C=N–C) groups is 1. The monoisotopic (exact) mass is 341 g/mol. The Kier molecular flexibility index (Phi) is 4.33. The molecule has 0 saturated heterocycles. The van der Waals surface area contributed by atoms with Crippen molar-refractivity contribution in [2.45, 2.75) is 13.5 Å². The van der Waals surface area contributed by atoms with Crippen molar-refractivity contribution in [2.24, 2.45) is 4.99 Å². The number of hydrogen-bond acceptors (Lipinski definition) is 4. The van der Waals surface area contributed by atoms with E-state index in [4.69, 9.17) is 4.98 Å². The van der Waals surface area contributed by atoms with Gasteiger partial charge in [0.25, 0.3) is 0 Å². The Balaban J connectivity index is 1.92. The van der Waals surface area contributed by atoms with Crippen LogP contribution in [0.2, 0.25) is 0 Å². The summed E-state index contributed by atoms with van der Waals surface area (Å²) in [5.41, 5.74) is 5.41. The van der Waals surface area contributed by atoms with Crippen LogP contribution < -0.4 is 5.32 Å². The lowest BCUT2D eigenvalue weighted by molar-refractivity contribution is 0.282. The van der Waals surface area contributed by atoms with E-state index in [9.17, 15) is 5.11 Å². The predicted octanol–water partition coefficient (Wildman–Crippen LogP) is 5.35. The van der Waals surface area contributed by atoms with Crippen molar-refractivity contribution in [1.29, 1.82) is 0 Å². The molecule has 0 saturated carbocycles. The van der Waals surface area contributed by atoms with Crippen LogP contribution in [0, 0.1) is 0 Å². The average Bonchev–Trinajstić information content (AvgIpc) is 2.68. The van der Waals surface area contributed by atoms with E-state index in [0.717, 1.165) is 44.4 Å². The first-order valence-corrected chi connectivity index (χ1v) is 8.56. The van der Waals surface area contributed by atoms with Gasteiger partial charge in [-0.3, -0.25) is 4.99 Å². The second kappa shape index (κ2) is 6.94. The van der Waals surface area contributed by atoms with Crippen molar-refractivity contribution in [3.8, 4) is 0 Å². The molecule has 0 atom stereocenters. The van der Waals surface area contributed by atoms with Crippen molar-refractivity contribution in [2.75, 3.05) is 5.32 Å². The molecule has 0 fully saturated rings. The molecule has 0 radical (unpaired) electrons. The van der Waals surface area contributed by atoms with Crippen molar-refractivity contribution < 1.29 is 5.11 Å². The van der Waals surface area contributed by atoms with Crippen molar-refractivity contribution in [1.82, 2.24) is 4.98 Å². The normalized spacial score (nSPS) is 11.5. The number of aliphatic hydroxyl groups is 1. The molecule has 4 nitrogen and oxygen atoms in total. The molecule has 3 aromatic carbocycles. The smallest absolute Gasteiger partial charge is 0.0730 e. The minimum absolute atomic E-state index is 0.0282. The molecule has 26 heavy (non-hydrogen) atoms. The third-order valence-electron chi connectivity index (χ3n) is 4.30. The summed E-state index contributed by atoms with van der Waals surface area (Å²) >= 11 is 0. The fourth-order valence-corrected chi connectivity index (χ4v) is 3.18. The Morgan fingerprint density at radius 2 is 1.62 bits per heavy atom. The number of rotatable bonds is 4. The lowest BCUT2D eigenvalue weighted by Gasteiger charge is -2.14. The van der Waals surface area contributed by atoms with E-state index in [0.29, 0.717) is 0 Å². The number of benzene rings is 3. The average molecular weight is 341 g/mol. The maximum Gasteiger partial charge on any atom is 0.0730 e. The summed E-state index contributed by atoms with van der Waals surface area (Å²) in [5.74, 6) is 0. The Morgan fingerprint density at radius 1 is 0.962 bits per heavy atom. The standard InChI is InChI=1S/C22H19N3O/c1-2-23-16-11-15(14-26)12-17(13-16)24-22-18-7-3-5-9-20(18)25-21-10-6-4-8-19(21)22/h2-13,26H,14H2,1H3,(H,24,25)/b23-2-. The molecule has 1 heterocycles. The molecule has 0 bridgehead atoms. The largest absolute Gasteiger partial charge is 0.392 e. The molecular formula is C22H19N3O. The molecule has 4 rings (SSSR count). The Morgan fingerprint density at radius 3 is 2.23 bits per heavy atom. The van der Waals surface area contributed by atoms with Crippen molar-refractivity contribution in [3.05, 3.63) is 72.3 Å². The fraction of sp³-hybridized carbons (Fsp3) is 0.0909. The molecule has 0 amide bonds. The van der Waals surface area contributed by atoms with Gasteiger partial charge in [-0.05, 0) is 42.8 Å². The summed E-state index contributed by atoms with van der Waals surface area (Å²) in [6.07, 6.45) is 1.75. The molecular weight excluding hydrogens is 322 g/mol. The van der Waals surface area contributed by atoms with Gasteiger partial charge in [-0.15, -0.1) is 0 Å². The number of pyridine rings is 1. The van der Waals surface area contributed by atoms with E-state index < -0.39 is 0 Å². The predicted molar refractivity (Wildman–Crippen MR) is 109 cm³/mol. The first-order valence-electron chi connectivity index (χ1n) is 8.56. The van der Waals surface area contributed by atoms with Gasteiger partial charge >= 0.3 is 0 Å². The lowest BCUT2D eigenvalue weighted by atomic mass is 10.1. The number of aliphatic hydroxyl groups excluding tert-OH is 1. The van der Waals surface area contributed by atoms with Gasteiger partial charge in [-0.25, -0.2) is 4.98 Å². The minimum Gasteiger partial charge on any atom is -0.392 e. The summed E-state index contributed by atoms with van der Waals surface area (Å²) in [5, 5.41) is 15.2. The summed E-state index contributed by atoms with van der Waals surface area (Å²) in [6, 6.07) is 22.0. The maximum atomic E-state index is 9.57. The Hall–Kier alpha value is -3.24. The van der Waals surface area contributed by atoms with Gasteiger partial charge in [0.05, 0.1) is 29.0 Å². The number of para-hydroxylation sites is 2. The quantitative estimate of drug-likeness (QED) is 0.389. The highest BCUT2D eigenvalue weighted by Gasteiger charge is 2.10. The molecule has 0 aliphatic rings. The second-order valence-corrected chi connectivity index (χ2v) is 6.08. The number of aromatic nitrogens is 1. The van der Waals surface area contributed by atoms with Crippen LogP contribution in [0.25, 0.3) is 21.8 Å². The SMILES string of the molecule is C/C=N\c1cc(CO)cc(Nc2c3ccccc3nc3ccccc23)c1. The number of nitrogens with one attached hydrogen (secondary N) is 1. The second-order valence-electron chi connectivity index (χ2n) is 6.08. The Labute approximate surface area is 151 Å². The van der Waals surface area contributed by atoms with Crippen molar-refractivity contribution >= 4 is 45.1 Å². The molecule has 0 spiro atoms. The summed E-state index contributed by atoms with van der Waals surface area (Å²) in [7, 11) is 0. The highest BCUT2D eigenvalue weighted by Crippen LogP contribution is 2.34. The van der Waals surface area contributed by atoms with E-state index in [2.05, 4.69) is 22.4 Å². The molecule has 128 valence electrons. The van der Waals surface area contributed by atoms with Crippen LogP contribution in [0.4, 0.5) is 17.1 Å². The van der Waals surface area contributed by atoms with Crippen LogP contribution in [0.3, 0.4) is 0 Å². The van der Waals surface area contributed by atoms with Gasteiger partial charge in [-0.1, -0.05) is 36.4 Å². The van der Waals surface area contributed by atoms with Crippen molar-refractivity contribution in [3.63, 3.8) is 0 Å². The third-order valence-corrected chi connectivity index (χ3v) is 4.30. The zero-order valence-corrected chi connectivity index (χ0v) is 14.5. The van der Waals surface area contributed by atoms with Crippen LogP contribution >= 0.6 is 0 Å². The van der Waals surface area contributed by atoms with Gasteiger partial charge in [0.15, 0.2) is 0 Å². The topological polar surface area (TPSA) is 57.5 Å². The highest BCUT2D eigenvalue weighted by molar-refractivity contribution is 6.08. The van der Waals surface area contributed by atoms with E-state index in [-0.39, 0.29) is 6.61 Å². The zero-order valence-electron chi connectivity index (χ0n) is 14.5. The summed E-state index contributed by atoms with van der Waals surface area (Å²) in [6.45, 7) is 1.85. The fourth-order valence-electron chi connectivity index (χ4n) is 3.18. The minimum atomic E-state index is -0.0282. The number of fused-ring (bicyclic) bond motifs is 2.